The molecule has 0 aliphatic rings. The predicted octanol–water partition coefficient (Wildman–Crippen LogP) is 4.60. The van der Waals surface area contributed by atoms with Gasteiger partial charge in [0.1, 0.15) is 0 Å². The molecular formula is C21H17N3OS. The van der Waals surface area contributed by atoms with Gasteiger partial charge >= 0.3 is 0 Å². The SMILES string of the molecule is Cc1ccc(-c2cc(C(=O)NCc3cccnc3)c3ccccc3n2)s1. The molecule has 1 aromatic carbocycles. The number of amides is 1. The fourth-order valence-electron chi connectivity index (χ4n) is 2.84. The standard InChI is InChI=1S/C21H17N3OS/c1-14-8-9-20(26-14)19-11-17(16-6-2-3-7-18(16)24-19)21(25)23-13-15-5-4-10-22-12-15/h2-12H,13H2,1H3,(H,23,25). The Labute approximate surface area is 155 Å². The zero-order chi connectivity index (χ0) is 17.9. The lowest BCUT2D eigenvalue weighted by molar-refractivity contribution is 0.0952. The van der Waals surface area contributed by atoms with E-state index in [-0.39, 0.29) is 5.91 Å². The number of para-hydroxylation sites is 1. The number of thiophene rings is 1. The molecule has 0 aliphatic heterocycles. The number of rotatable bonds is 4. The molecule has 0 radical (unpaired) electrons. The third kappa shape index (κ3) is 3.34. The molecule has 0 atom stereocenters. The summed E-state index contributed by atoms with van der Waals surface area (Å²) in [5, 5.41) is 3.84. The molecule has 4 nitrogen and oxygen atoms in total. The zero-order valence-corrected chi connectivity index (χ0v) is 15.1. The Balaban J connectivity index is 1.71. The monoisotopic (exact) mass is 359 g/mol. The van der Waals surface area contributed by atoms with Gasteiger partial charge in [-0.3, -0.25) is 9.78 Å². The number of nitrogens with one attached hydrogen (secondary N) is 1. The van der Waals surface area contributed by atoms with Gasteiger partial charge in [0.2, 0.25) is 0 Å². The van der Waals surface area contributed by atoms with Gasteiger partial charge in [-0.25, -0.2) is 4.98 Å². The van der Waals surface area contributed by atoms with Crippen LogP contribution >= 0.6 is 11.3 Å². The van der Waals surface area contributed by atoms with Crippen LogP contribution in [0.25, 0.3) is 21.5 Å². The Morgan fingerprint density at radius 3 is 2.77 bits per heavy atom. The van der Waals surface area contributed by atoms with E-state index in [1.165, 1.54) is 4.88 Å². The van der Waals surface area contributed by atoms with Crippen molar-refractivity contribution in [1.82, 2.24) is 15.3 Å². The van der Waals surface area contributed by atoms with E-state index >= 15 is 0 Å². The Kier molecular flexibility index (Phi) is 4.46. The van der Waals surface area contributed by atoms with Crippen LogP contribution in [0.4, 0.5) is 0 Å². The van der Waals surface area contributed by atoms with Gasteiger partial charge in [0, 0.05) is 29.2 Å². The van der Waals surface area contributed by atoms with Gasteiger partial charge in [0.15, 0.2) is 0 Å². The van der Waals surface area contributed by atoms with Crippen LogP contribution in [0.15, 0.2) is 67.0 Å². The summed E-state index contributed by atoms with van der Waals surface area (Å²) in [7, 11) is 0. The van der Waals surface area contributed by atoms with E-state index in [4.69, 9.17) is 4.98 Å². The number of benzene rings is 1. The van der Waals surface area contributed by atoms with Crippen LogP contribution < -0.4 is 5.32 Å². The van der Waals surface area contributed by atoms with Crippen LogP contribution in [0.1, 0.15) is 20.8 Å². The number of fused-ring (bicyclic) bond motifs is 1. The fourth-order valence-corrected chi connectivity index (χ4v) is 3.67. The van der Waals surface area contributed by atoms with Gasteiger partial charge in [-0.2, -0.15) is 0 Å². The normalized spacial score (nSPS) is 10.8. The molecule has 0 aliphatic carbocycles. The van der Waals surface area contributed by atoms with Crippen molar-refractivity contribution in [2.75, 3.05) is 0 Å². The molecule has 0 spiro atoms. The van der Waals surface area contributed by atoms with Crippen molar-refractivity contribution in [3.05, 3.63) is 83.0 Å². The van der Waals surface area contributed by atoms with Gasteiger partial charge in [-0.15, -0.1) is 11.3 Å². The molecule has 0 unspecified atom stereocenters. The lowest BCUT2D eigenvalue weighted by atomic mass is 10.1. The average Bonchev–Trinajstić information content (AvgIpc) is 3.12. The quantitative estimate of drug-likeness (QED) is 0.579. The van der Waals surface area contributed by atoms with Crippen molar-refractivity contribution in [3.63, 3.8) is 0 Å². The van der Waals surface area contributed by atoms with Crippen molar-refractivity contribution < 1.29 is 4.79 Å². The number of nitrogens with zero attached hydrogens (tertiary/aromatic N) is 2. The van der Waals surface area contributed by atoms with Gasteiger partial charge in [-0.1, -0.05) is 24.3 Å². The molecule has 26 heavy (non-hydrogen) atoms. The highest BCUT2D eigenvalue weighted by atomic mass is 32.1. The molecule has 0 bridgehead atoms. The predicted molar refractivity (Wildman–Crippen MR) is 105 cm³/mol. The second-order valence-electron chi connectivity index (χ2n) is 6.03. The number of aromatic nitrogens is 2. The van der Waals surface area contributed by atoms with Crippen LogP contribution in [-0.4, -0.2) is 15.9 Å². The molecule has 4 aromatic rings. The summed E-state index contributed by atoms with van der Waals surface area (Å²) in [6.45, 7) is 2.51. The van der Waals surface area contributed by atoms with Gasteiger partial charge < -0.3 is 5.32 Å². The van der Waals surface area contributed by atoms with Crippen molar-refractivity contribution in [1.29, 1.82) is 0 Å². The second-order valence-corrected chi connectivity index (χ2v) is 7.31. The number of hydrogen-bond donors (Lipinski definition) is 1. The highest BCUT2D eigenvalue weighted by Crippen LogP contribution is 2.29. The first-order valence-corrected chi connectivity index (χ1v) is 9.16. The fraction of sp³-hybridized carbons (Fsp3) is 0.0952. The number of pyridine rings is 2. The van der Waals surface area contributed by atoms with E-state index in [0.717, 1.165) is 27.0 Å². The minimum atomic E-state index is -0.109. The summed E-state index contributed by atoms with van der Waals surface area (Å²) >= 11 is 1.68. The molecule has 3 heterocycles. The molecular weight excluding hydrogens is 342 g/mol. The summed E-state index contributed by atoms with van der Waals surface area (Å²) in [5.74, 6) is -0.109. The van der Waals surface area contributed by atoms with Crippen LogP contribution in [-0.2, 0) is 6.54 Å². The van der Waals surface area contributed by atoms with Crippen molar-refractivity contribution in [2.24, 2.45) is 0 Å². The molecule has 128 valence electrons. The number of carbonyl (C=O) groups excluding carboxylic acids is 1. The lowest BCUT2D eigenvalue weighted by Gasteiger charge is -2.10. The number of carbonyl (C=O) groups is 1. The first kappa shape index (κ1) is 16.4. The third-order valence-corrected chi connectivity index (χ3v) is 5.15. The van der Waals surface area contributed by atoms with Gasteiger partial charge in [0.05, 0.1) is 21.7 Å². The maximum absolute atomic E-state index is 12.9. The molecule has 4 rings (SSSR count). The van der Waals surface area contributed by atoms with E-state index < -0.39 is 0 Å². The van der Waals surface area contributed by atoms with E-state index in [0.29, 0.717) is 12.1 Å². The zero-order valence-electron chi connectivity index (χ0n) is 14.3. The number of hydrogen-bond acceptors (Lipinski definition) is 4. The average molecular weight is 359 g/mol. The molecule has 0 saturated heterocycles. The summed E-state index contributed by atoms with van der Waals surface area (Å²) in [4.78, 5) is 24.0. The van der Waals surface area contributed by atoms with E-state index in [2.05, 4.69) is 29.4 Å². The van der Waals surface area contributed by atoms with Crippen LogP contribution in [0.3, 0.4) is 0 Å². The summed E-state index contributed by atoms with van der Waals surface area (Å²) in [6, 6.07) is 17.5. The lowest BCUT2D eigenvalue weighted by Crippen LogP contribution is -2.23. The molecule has 1 N–H and O–H groups in total. The summed E-state index contributed by atoms with van der Waals surface area (Å²) < 4.78 is 0. The minimum absolute atomic E-state index is 0.109. The van der Waals surface area contributed by atoms with Crippen molar-refractivity contribution in [2.45, 2.75) is 13.5 Å². The topological polar surface area (TPSA) is 54.9 Å². The van der Waals surface area contributed by atoms with Crippen molar-refractivity contribution >= 4 is 28.1 Å². The Bertz CT molecular complexity index is 1070. The first-order valence-electron chi connectivity index (χ1n) is 8.34. The van der Waals surface area contributed by atoms with Crippen molar-refractivity contribution in [3.8, 4) is 10.6 Å². The van der Waals surface area contributed by atoms with E-state index in [1.807, 2.05) is 42.5 Å². The Morgan fingerprint density at radius 1 is 1.12 bits per heavy atom. The summed E-state index contributed by atoms with van der Waals surface area (Å²) in [5.41, 5.74) is 3.25. The molecule has 5 heteroatoms. The maximum Gasteiger partial charge on any atom is 0.252 e. The van der Waals surface area contributed by atoms with E-state index in [9.17, 15) is 4.79 Å². The maximum atomic E-state index is 12.9. The van der Waals surface area contributed by atoms with E-state index in [1.54, 1.807) is 23.7 Å². The molecule has 0 fully saturated rings. The highest BCUT2D eigenvalue weighted by Gasteiger charge is 2.14. The first-order chi connectivity index (χ1) is 12.7. The minimum Gasteiger partial charge on any atom is -0.348 e. The summed E-state index contributed by atoms with van der Waals surface area (Å²) in [6.07, 6.45) is 3.47. The largest absolute Gasteiger partial charge is 0.348 e. The Morgan fingerprint density at radius 2 is 2.00 bits per heavy atom. The van der Waals surface area contributed by atoms with Crippen LogP contribution in [0, 0.1) is 6.92 Å². The van der Waals surface area contributed by atoms with Gasteiger partial charge in [-0.05, 0) is 42.8 Å². The highest BCUT2D eigenvalue weighted by molar-refractivity contribution is 7.15. The van der Waals surface area contributed by atoms with Crippen LogP contribution in [0.5, 0.6) is 0 Å². The third-order valence-electron chi connectivity index (χ3n) is 4.13. The smallest absolute Gasteiger partial charge is 0.252 e. The van der Waals surface area contributed by atoms with Gasteiger partial charge in [0.25, 0.3) is 5.91 Å². The molecule has 1 amide bonds. The molecule has 0 saturated carbocycles. The number of aryl methyl sites for hydroxylation is 1. The molecule has 3 aromatic heterocycles. The Hall–Kier alpha value is -3.05. The second kappa shape index (κ2) is 7.06. The van der Waals surface area contributed by atoms with Crippen LogP contribution in [0.2, 0.25) is 0 Å².